The lowest BCUT2D eigenvalue weighted by molar-refractivity contribution is -0.263. The Balaban J connectivity index is 1.46. The van der Waals surface area contributed by atoms with E-state index in [0.717, 1.165) is 12.0 Å². The minimum Gasteiger partial charge on any atom is -0.461 e. The van der Waals surface area contributed by atoms with Crippen LogP contribution in [0.15, 0.2) is 58.4 Å². The number of rotatable bonds is 7. The molecule has 3 aliphatic heterocycles. The van der Waals surface area contributed by atoms with Crippen LogP contribution in [0.3, 0.4) is 0 Å². The van der Waals surface area contributed by atoms with E-state index >= 15 is 0 Å². The number of nitrogens with one attached hydrogen (secondary N) is 1. The number of carbonyl (C=O) groups excluding carboxylic acids is 4. The third-order valence-electron chi connectivity index (χ3n) is 14.8. The Morgan fingerprint density at radius 2 is 1.69 bits per heavy atom. The van der Waals surface area contributed by atoms with Crippen molar-refractivity contribution in [1.82, 2.24) is 15.2 Å². The number of nitrogens with zero attached hydrogens (tertiary/aromatic N) is 3. The van der Waals surface area contributed by atoms with E-state index in [2.05, 4.69) is 15.6 Å². The van der Waals surface area contributed by atoms with E-state index in [4.69, 9.17) is 29.3 Å². The van der Waals surface area contributed by atoms with Crippen LogP contribution in [0.5, 0.6) is 0 Å². The van der Waals surface area contributed by atoms with Gasteiger partial charge in [-0.15, -0.1) is 0 Å². The van der Waals surface area contributed by atoms with Gasteiger partial charge in [-0.1, -0.05) is 74.9 Å². The number of allylic oxidation sites excluding steroid dienone is 5. The lowest BCUT2D eigenvalue weighted by Gasteiger charge is -2.43. The molecule has 6 N–H and O–H groups in total. The number of aliphatic hydroxyl groups excluding tert-OH is 2. The van der Waals surface area contributed by atoms with E-state index < -0.39 is 83.9 Å². The van der Waals surface area contributed by atoms with Gasteiger partial charge in [-0.3, -0.25) is 14.4 Å². The van der Waals surface area contributed by atoms with Gasteiger partial charge in [0, 0.05) is 38.6 Å². The highest BCUT2D eigenvalue weighted by atomic mass is 16.6. The van der Waals surface area contributed by atoms with Gasteiger partial charge in [0.05, 0.1) is 24.4 Å². The van der Waals surface area contributed by atoms with Crippen LogP contribution in [0.1, 0.15) is 125 Å². The fourth-order valence-electron chi connectivity index (χ4n) is 10.5. The number of amides is 1. The van der Waals surface area contributed by atoms with Crippen LogP contribution < -0.4 is 11.1 Å². The van der Waals surface area contributed by atoms with Crippen LogP contribution in [-0.4, -0.2) is 135 Å². The lowest BCUT2D eigenvalue weighted by Crippen LogP contribution is -2.61. The van der Waals surface area contributed by atoms with Gasteiger partial charge in [0.2, 0.25) is 5.79 Å². The number of aliphatic hydroxyl groups is 3. The summed E-state index contributed by atoms with van der Waals surface area (Å²) >= 11 is 0. The third-order valence-corrected chi connectivity index (χ3v) is 14.8. The fourth-order valence-corrected chi connectivity index (χ4v) is 10.5. The first-order chi connectivity index (χ1) is 32.4. The highest BCUT2D eigenvalue weighted by Gasteiger charge is 2.53. The van der Waals surface area contributed by atoms with Gasteiger partial charge in [-0.2, -0.15) is 0 Å². The summed E-state index contributed by atoms with van der Waals surface area (Å²) in [6, 6.07) is -2.07. The van der Waals surface area contributed by atoms with E-state index in [1.807, 2.05) is 58.1 Å². The summed E-state index contributed by atoms with van der Waals surface area (Å²) in [6.45, 7) is 11.3. The van der Waals surface area contributed by atoms with Crippen molar-refractivity contribution >= 4 is 29.3 Å². The standard InChI is InChI=1S/C51H79N5O12/c1-30-14-10-9-11-15-31(2)39(54-44-29-53-68-55-44)28-38-20-17-35(6)51(63,67-38)48(60)49(61)56-23-13-12-16-40(56)50(62)66-42(32(3)25-36-18-21-41(57)43(27-36)64-7)22-19-37(52)26-34(5)46(59)47(65-8)45(58)33(4)24-30/h9-11,14-15,26,29-30,32-33,35-43,46-47,57,59,63H,12-13,16-25,27-28,52H2,1-8H3,(H,54,55)/b11-9+,14-10+,31-15+,34-26+/t30-,32-,33-,35?,36+,37+,38+,39?,40+,41-,42+,43-,46-,47+,51-/m1/s1. The maximum Gasteiger partial charge on any atom is 0.329 e. The number of nitrogens with two attached hydrogens (primary N) is 1. The van der Waals surface area contributed by atoms with Gasteiger partial charge in [0.1, 0.15) is 30.6 Å². The summed E-state index contributed by atoms with van der Waals surface area (Å²) < 4.78 is 28.7. The van der Waals surface area contributed by atoms with Crippen LogP contribution in [0, 0.1) is 29.6 Å². The number of anilines is 1. The van der Waals surface area contributed by atoms with Crippen LogP contribution >= 0.6 is 0 Å². The van der Waals surface area contributed by atoms with E-state index in [9.17, 15) is 34.5 Å². The third kappa shape index (κ3) is 14.5. The second kappa shape index (κ2) is 25.7. The number of carbonyl (C=O) groups is 4. The molecule has 17 heteroatoms. The monoisotopic (exact) mass is 954 g/mol. The molecule has 380 valence electrons. The molecular formula is C51H79N5O12. The Hall–Kier alpha value is -4.10. The molecule has 1 aromatic heterocycles. The SMILES string of the molecule is CO[C@@H]1C[C@H](C[C@@H](C)[C@@H]2CC[C@H](N)/C=C(\C)[C@@H](O)[C@@H](OC)C(=O)[C@H](C)C[C@H](C)/C=C/C=C/C=C(\C)C(Nc3cnon3)C[C@@H]3CCC(C)[C@@](O)(O3)C(=O)C(=O)N3CCCC[C@H]3C(=O)O2)CC[C@H]1O. The summed E-state index contributed by atoms with van der Waals surface area (Å²) in [5, 5.41) is 45.0. The molecular weight excluding hydrogens is 875 g/mol. The molecule has 2 bridgehead atoms. The normalized spacial score (nSPS) is 39.1. The van der Waals surface area contributed by atoms with Crippen molar-refractivity contribution in [2.75, 3.05) is 26.1 Å². The molecule has 0 aromatic carbocycles. The largest absolute Gasteiger partial charge is 0.461 e. The smallest absolute Gasteiger partial charge is 0.329 e. The molecule has 5 rings (SSSR count). The summed E-state index contributed by atoms with van der Waals surface area (Å²) in [5.41, 5.74) is 8.03. The van der Waals surface area contributed by atoms with E-state index in [-0.39, 0.29) is 42.6 Å². The summed E-state index contributed by atoms with van der Waals surface area (Å²) in [5.74, 6) is -6.17. The Morgan fingerprint density at radius 1 is 0.926 bits per heavy atom. The molecule has 0 spiro atoms. The summed E-state index contributed by atoms with van der Waals surface area (Å²) in [7, 11) is 3.00. The number of hydrogen-bond donors (Lipinski definition) is 5. The minimum absolute atomic E-state index is 0.0176. The fraction of sp³-hybridized carbons (Fsp3) is 0.725. The lowest BCUT2D eigenvalue weighted by atomic mass is 9.78. The number of ether oxygens (including phenoxy) is 4. The van der Waals surface area contributed by atoms with Gasteiger partial charge in [-0.05, 0) is 126 Å². The number of aromatic nitrogens is 2. The van der Waals surface area contributed by atoms with E-state index in [1.54, 1.807) is 27.0 Å². The number of cyclic esters (lactones) is 1. The molecule has 1 aromatic rings. The Morgan fingerprint density at radius 3 is 2.40 bits per heavy atom. The van der Waals surface area contributed by atoms with Crippen molar-refractivity contribution in [3.8, 4) is 0 Å². The number of methoxy groups -OCH3 is 2. The highest BCUT2D eigenvalue weighted by Crippen LogP contribution is 2.38. The Kier molecular flexibility index (Phi) is 20.7. The minimum atomic E-state index is -2.45. The number of ketones is 2. The Bertz CT molecular complexity index is 1940. The van der Waals surface area contributed by atoms with Crippen molar-refractivity contribution in [3.63, 3.8) is 0 Å². The van der Waals surface area contributed by atoms with Crippen LogP contribution in [0.4, 0.5) is 5.82 Å². The highest BCUT2D eigenvalue weighted by molar-refractivity contribution is 6.39. The predicted octanol–water partition coefficient (Wildman–Crippen LogP) is 5.54. The maximum atomic E-state index is 14.4. The molecule has 4 aliphatic rings. The topological polar surface area (TPSA) is 246 Å². The zero-order chi connectivity index (χ0) is 49.7. The molecule has 15 atom stereocenters. The second-order valence-corrected chi connectivity index (χ2v) is 20.1. The van der Waals surface area contributed by atoms with Gasteiger partial charge >= 0.3 is 5.97 Å². The summed E-state index contributed by atoms with van der Waals surface area (Å²) in [4.78, 5) is 58.1. The molecule has 3 fully saturated rings. The second-order valence-electron chi connectivity index (χ2n) is 20.1. The number of esters is 1. The summed E-state index contributed by atoms with van der Waals surface area (Å²) in [6.07, 6.45) is 14.8. The molecule has 1 amide bonds. The first kappa shape index (κ1) is 54.8. The molecule has 1 aliphatic carbocycles. The van der Waals surface area contributed by atoms with Gasteiger partial charge in [0.15, 0.2) is 11.6 Å². The maximum absolute atomic E-state index is 14.4. The molecule has 68 heavy (non-hydrogen) atoms. The molecule has 2 saturated heterocycles. The van der Waals surface area contributed by atoms with Crippen LogP contribution in [0.2, 0.25) is 0 Å². The number of Topliss-reactive ketones (excluding diaryl/α,β-unsaturated/α-hetero) is 2. The quantitative estimate of drug-likeness (QED) is 0.128. The van der Waals surface area contributed by atoms with Crippen LogP contribution in [0.25, 0.3) is 0 Å². The molecule has 1 saturated carbocycles. The van der Waals surface area contributed by atoms with Crippen LogP contribution in [-0.2, 0) is 38.1 Å². The average Bonchev–Trinajstić information content (AvgIpc) is 3.84. The number of piperidine rings is 1. The Labute approximate surface area is 402 Å². The van der Waals surface area contributed by atoms with E-state index in [1.165, 1.54) is 18.2 Å². The zero-order valence-electron chi connectivity index (χ0n) is 41.5. The number of hydrogen-bond acceptors (Lipinski definition) is 16. The number of fused-ring (bicyclic) bond motifs is 3. The molecule has 4 heterocycles. The first-order valence-electron chi connectivity index (χ1n) is 24.8. The van der Waals surface area contributed by atoms with Gasteiger partial charge in [0.25, 0.3) is 11.7 Å². The zero-order valence-corrected chi connectivity index (χ0v) is 41.5. The predicted molar refractivity (Wildman–Crippen MR) is 254 cm³/mol. The van der Waals surface area contributed by atoms with Crippen molar-refractivity contribution in [1.29, 1.82) is 0 Å². The molecule has 0 radical (unpaired) electrons. The molecule has 17 nitrogen and oxygen atoms in total. The van der Waals surface area contributed by atoms with Gasteiger partial charge in [-0.25, -0.2) is 9.42 Å². The molecule has 2 unspecified atom stereocenters. The van der Waals surface area contributed by atoms with Crippen molar-refractivity contribution in [2.24, 2.45) is 35.3 Å². The average molecular weight is 954 g/mol. The van der Waals surface area contributed by atoms with Crippen molar-refractivity contribution in [2.45, 2.75) is 186 Å². The van der Waals surface area contributed by atoms with Crippen molar-refractivity contribution < 1.29 is 58.1 Å². The van der Waals surface area contributed by atoms with Crippen molar-refractivity contribution in [3.05, 3.63) is 53.8 Å². The van der Waals surface area contributed by atoms with Gasteiger partial charge < -0.3 is 50.2 Å². The first-order valence-corrected chi connectivity index (χ1v) is 24.8. The van der Waals surface area contributed by atoms with E-state index in [0.29, 0.717) is 82.0 Å².